The van der Waals surface area contributed by atoms with Crippen molar-refractivity contribution >= 4 is 0 Å². The Balaban J connectivity index is 2.23. The van der Waals surface area contributed by atoms with Gasteiger partial charge in [0.15, 0.2) is 0 Å². The molecule has 2 heteroatoms. The van der Waals surface area contributed by atoms with Gasteiger partial charge in [0, 0.05) is 6.04 Å². The van der Waals surface area contributed by atoms with E-state index in [-0.39, 0.29) is 5.82 Å². The molecule has 0 amide bonds. The van der Waals surface area contributed by atoms with Crippen LogP contribution in [0.2, 0.25) is 0 Å². The molecule has 15 heavy (non-hydrogen) atoms. The van der Waals surface area contributed by atoms with Crippen LogP contribution < -0.4 is 5.32 Å². The van der Waals surface area contributed by atoms with E-state index in [0.717, 1.165) is 24.9 Å². The molecule has 2 atom stereocenters. The topological polar surface area (TPSA) is 12.0 Å². The van der Waals surface area contributed by atoms with Crippen LogP contribution in [0, 0.1) is 5.82 Å². The Morgan fingerprint density at radius 2 is 2.20 bits per heavy atom. The predicted octanol–water partition coefficient (Wildman–Crippen LogP) is 3.37. The average molecular weight is 207 g/mol. The fraction of sp³-hybridized carbons (Fsp3) is 0.538. The second-order valence-electron chi connectivity index (χ2n) is 4.42. The molecule has 0 aromatic heterocycles. The number of benzene rings is 1. The summed E-state index contributed by atoms with van der Waals surface area (Å²) in [7, 11) is 0. The Bertz CT molecular complexity index is 348. The summed E-state index contributed by atoms with van der Waals surface area (Å²) in [4.78, 5) is 0. The summed E-state index contributed by atoms with van der Waals surface area (Å²) in [5.74, 6) is 0.432. The van der Waals surface area contributed by atoms with Gasteiger partial charge in [-0.1, -0.05) is 19.9 Å². The molecule has 0 fully saturated rings. The highest BCUT2D eigenvalue weighted by Crippen LogP contribution is 2.39. The van der Waals surface area contributed by atoms with E-state index >= 15 is 0 Å². The van der Waals surface area contributed by atoms with Crippen LogP contribution in [0.4, 0.5) is 4.39 Å². The molecule has 2 rings (SSSR count). The molecule has 0 heterocycles. The molecule has 1 aliphatic rings. The molecular formula is C13H18FN. The van der Waals surface area contributed by atoms with E-state index < -0.39 is 0 Å². The molecule has 0 bridgehead atoms. The largest absolute Gasteiger partial charge is 0.310 e. The van der Waals surface area contributed by atoms with Crippen molar-refractivity contribution in [3.8, 4) is 0 Å². The summed E-state index contributed by atoms with van der Waals surface area (Å²) < 4.78 is 13.2. The molecule has 0 aliphatic heterocycles. The van der Waals surface area contributed by atoms with Gasteiger partial charge in [0.25, 0.3) is 0 Å². The van der Waals surface area contributed by atoms with Crippen LogP contribution >= 0.6 is 0 Å². The minimum atomic E-state index is -0.119. The van der Waals surface area contributed by atoms with Crippen LogP contribution in [-0.2, 0) is 0 Å². The highest BCUT2D eigenvalue weighted by molar-refractivity contribution is 5.38. The number of hydrogen-bond acceptors (Lipinski definition) is 1. The van der Waals surface area contributed by atoms with Gasteiger partial charge in [-0.2, -0.15) is 0 Å². The quantitative estimate of drug-likeness (QED) is 0.801. The summed E-state index contributed by atoms with van der Waals surface area (Å²) in [5.41, 5.74) is 2.47. The lowest BCUT2D eigenvalue weighted by Crippen LogP contribution is -2.20. The van der Waals surface area contributed by atoms with Crippen molar-refractivity contribution in [2.75, 3.05) is 6.54 Å². The lowest BCUT2D eigenvalue weighted by molar-refractivity contribution is 0.503. The highest BCUT2D eigenvalue weighted by Gasteiger charge is 2.27. The first-order chi connectivity index (χ1) is 7.22. The van der Waals surface area contributed by atoms with E-state index in [1.165, 1.54) is 5.56 Å². The van der Waals surface area contributed by atoms with Gasteiger partial charge in [-0.15, -0.1) is 0 Å². The zero-order chi connectivity index (χ0) is 10.8. The van der Waals surface area contributed by atoms with E-state index in [2.05, 4.69) is 19.2 Å². The van der Waals surface area contributed by atoms with E-state index in [1.54, 1.807) is 12.1 Å². The number of hydrogen-bond donors (Lipinski definition) is 1. The molecule has 0 saturated heterocycles. The van der Waals surface area contributed by atoms with Gasteiger partial charge in [0.2, 0.25) is 0 Å². The lowest BCUT2D eigenvalue weighted by Gasteiger charge is -2.13. The Morgan fingerprint density at radius 1 is 1.40 bits per heavy atom. The number of nitrogens with one attached hydrogen (secondary N) is 1. The van der Waals surface area contributed by atoms with Crippen LogP contribution in [0.1, 0.15) is 49.8 Å². The highest BCUT2D eigenvalue weighted by atomic mass is 19.1. The smallest absolute Gasteiger partial charge is 0.123 e. The van der Waals surface area contributed by atoms with Gasteiger partial charge < -0.3 is 5.32 Å². The maximum atomic E-state index is 13.2. The predicted molar refractivity (Wildman–Crippen MR) is 60.5 cm³/mol. The second kappa shape index (κ2) is 4.31. The van der Waals surface area contributed by atoms with E-state index in [9.17, 15) is 4.39 Å². The monoisotopic (exact) mass is 207 g/mol. The minimum absolute atomic E-state index is 0.119. The molecular weight excluding hydrogens is 189 g/mol. The molecule has 1 aliphatic carbocycles. The summed E-state index contributed by atoms with van der Waals surface area (Å²) >= 11 is 0. The normalized spacial score (nSPS) is 24.2. The van der Waals surface area contributed by atoms with Crippen molar-refractivity contribution in [2.45, 2.75) is 38.6 Å². The average Bonchev–Trinajstić information content (AvgIpc) is 2.52. The Kier molecular flexibility index (Phi) is 3.06. The summed E-state index contributed by atoms with van der Waals surface area (Å²) in [6, 6.07) is 5.54. The van der Waals surface area contributed by atoms with Crippen molar-refractivity contribution in [2.24, 2.45) is 0 Å². The third-order valence-corrected chi connectivity index (χ3v) is 3.19. The Morgan fingerprint density at radius 3 is 2.93 bits per heavy atom. The Labute approximate surface area is 90.7 Å². The molecule has 1 aromatic carbocycles. The number of rotatable bonds is 3. The van der Waals surface area contributed by atoms with Gasteiger partial charge in [0.1, 0.15) is 5.82 Å². The maximum Gasteiger partial charge on any atom is 0.123 e. The van der Waals surface area contributed by atoms with Gasteiger partial charge in [-0.3, -0.25) is 0 Å². The fourth-order valence-electron chi connectivity index (χ4n) is 2.42. The third kappa shape index (κ3) is 2.05. The first kappa shape index (κ1) is 10.6. The molecule has 2 unspecified atom stereocenters. The third-order valence-electron chi connectivity index (χ3n) is 3.19. The standard InChI is InChI=1S/C13H18FN/c1-3-6-15-13-7-9(2)11-5-4-10(14)8-12(11)13/h4-5,8-9,13,15H,3,6-7H2,1-2H3. The van der Waals surface area contributed by atoms with Gasteiger partial charge in [0.05, 0.1) is 0 Å². The fourth-order valence-corrected chi connectivity index (χ4v) is 2.42. The molecule has 0 spiro atoms. The van der Waals surface area contributed by atoms with E-state index in [1.807, 2.05) is 6.07 Å². The number of halogens is 1. The van der Waals surface area contributed by atoms with Crippen molar-refractivity contribution in [3.63, 3.8) is 0 Å². The molecule has 1 nitrogen and oxygen atoms in total. The lowest BCUT2D eigenvalue weighted by atomic mass is 10.0. The van der Waals surface area contributed by atoms with Crippen molar-refractivity contribution in [1.29, 1.82) is 0 Å². The molecule has 0 radical (unpaired) electrons. The summed E-state index contributed by atoms with van der Waals surface area (Å²) in [6.07, 6.45) is 2.22. The zero-order valence-corrected chi connectivity index (χ0v) is 9.39. The minimum Gasteiger partial charge on any atom is -0.310 e. The Hall–Kier alpha value is -0.890. The SMILES string of the molecule is CCCNC1CC(C)c2ccc(F)cc21. The molecule has 82 valence electrons. The number of fused-ring (bicyclic) bond motifs is 1. The van der Waals surface area contributed by atoms with Crippen LogP contribution in [0.5, 0.6) is 0 Å². The first-order valence-corrected chi connectivity index (χ1v) is 5.75. The van der Waals surface area contributed by atoms with Gasteiger partial charge in [-0.05, 0) is 48.6 Å². The summed E-state index contributed by atoms with van der Waals surface area (Å²) in [6.45, 7) is 5.37. The molecule has 1 aromatic rings. The maximum absolute atomic E-state index is 13.2. The van der Waals surface area contributed by atoms with Crippen molar-refractivity contribution in [1.82, 2.24) is 5.32 Å². The van der Waals surface area contributed by atoms with E-state index in [0.29, 0.717) is 12.0 Å². The van der Waals surface area contributed by atoms with Crippen molar-refractivity contribution < 1.29 is 4.39 Å². The van der Waals surface area contributed by atoms with Crippen molar-refractivity contribution in [3.05, 3.63) is 35.1 Å². The zero-order valence-electron chi connectivity index (χ0n) is 9.39. The van der Waals surface area contributed by atoms with Gasteiger partial charge in [-0.25, -0.2) is 4.39 Å². The molecule has 0 saturated carbocycles. The molecule has 1 N–H and O–H groups in total. The van der Waals surface area contributed by atoms with Crippen LogP contribution in [0.3, 0.4) is 0 Å². The van der Waals surface area contributed by atoms with Gasteiger partial charge >= 0.3 is 0 Å². The first-order valence-electron chi connectivity index (χ1n) is 5.75. The van der Waals surface area contributed by atoms with Crippen LogP contribution in [0.15, 0.2) is 18.2 Å². The van der Waals surface area contributed by atoms with E-state index in [4.69, 9.17) is 0 Å². The van der Waals surface area contributed by atoms with Crippen LogP contribution in [0.25, 0.3) is 0 Å². The second-order valence-corrected chi connectivity index (χ2v) is 4.42. The summed E-state index contributed by atoms with van der Waals surface area (Å²) in [5, 5.41) is 3.48. The van der Waals surface area contributed by atoms with Crippen LogP contribution in [-0.4, -0.2) is 6.54 Å².